The van der Waals surface area contributed by atoms with Gasteiger partial charge in [0.25, 0.3) is 0 Å². The summed E-state index contributed by atoms with van der Waals surface area (Å²) in [6.07, 6.45) is 5.36. The van der Waals surface area contributed by atoms with Crippen LogP contribution in [0.5, 0.6) is 0 Å². The molecule has 0 N–H and O–H groups in total. The van der Waals surface area contributed by atoms with E-state index in [2.05, 4.69) is 58.9 Å². The fraction of sp³-hybridized carbons (Fsp3) is 0.200. The largest absolute Gasteiger partial charge is 0.465 e. The van der Waals surface area contributed by atoms with E-state index < -0.39 is 0 Å². The molecule has 2 aromatic rings. The minimum Gasteiger partial charge on any atom is -0.465 e. The lowest BCUT2D eigenvalue weighted by Crippen LogP contribution is -2.18. The third-order valence-electron chi connectivity index (χ3n) is 4.41. The van der Waals surface area contributed by atoms with Gasteiger partial charge in [-0.1, -0.05) is 31.9 Å². The van der Waals surface area contributed by atoms with Crippen molar-refractivity contribution < 1.29 is 4.42 Å². The molecular weight excluding hydrogens is 358 g/mol. The molecule has 4 nitrogen and oxygen atoms in total. The highest BCUT2D eigenvalue weighted by Gasteiger charge is 2.01. The minimum absolute atomic E-state index is 0.608. The number of rotatable bonds is 7. The molecule has 0 saturated heterocycles. The van der Waals surface area contributed by atoms with Crippen LogP contribution in [-0.2, 0) is 0 Å². The Labute approximate surface area is 173 Å². The summed E-state index contributed by atoms with van der Waals surface area (Å²) in [6.45, 7) is 17.8. The van der Waals surface area contributed by atoms with Crippen LogP contribution in [0, 0.1) is 0 Å². The predicted molar refractivity (Wildman–Crippen MR) is 126 cm³/mol. The molecule has 0 unspecified atom stereocenters. The highest BCUT2D eigenvalue weighted by Crippen LogP contribution is 2.14. The maximum absolute atomic E-state index is 5.20. The van der Waals surface area contributed by atoms with Gasteiger partial charge in [-0.3, -0.25) is 9.98 Å². The summed E-state index contributed by atoms with van der Waals surface area (Å²) in [4.78, 5) is 11.3. The fourth-order valence-electron chi connectivity index (χ4n) is 2.69. The van der Waals surface area contributed by atoms with Gasteiger partial charge in [0.1, 0.15) is 5.42 Å². The van der Waals surface area contributed by atoms with Gasteiger partial charge in [-0.2, -0.15) is 0 Å². The van der Waals surface area contributed by atoms with E-state index in [1.54, 1.807) is 6.26 Å². The third kappa shape index (κ3) is 6.32. The van der Waals surface area contributed by atoms with Crippen LogP contribution < -0.4 is 15.5 Å². The van der Waals surface area contributed by atoms with E-state index in [9.17, 15) is 0 Å². The molecule has 2 rings (SSSR count). The van der Waals surface area contributed by atoms with Crippen molar-refractivity contribution in [2.24, 2.45) is 9.98 Å². The summed E-state index contributed by atoms with van der Waals surface area (Å²) in [5, 5.41) is 0.891. The lowest BCUT2D eigenvalue weighted by atomic mass is 10.1. The molecule has 0 aliphatic rings. The van der Waals surface area contributed by atoms with E-state index in [1.807, 2.05) is 53.1 Å². The van der Waals surface area contributed by atoms with Gasteiger partial charge in [-0.15, -0.1) is 0 Å². The summed E-state index contributed by atoms with van der Waals surface area (Å²) in [5.41, 5.74) is 6.81. The first-order valence-electron chi connectivity index (χ1n) is 9.36. The molecule has 0 amide bonds. The van der Waals surface area contributed by atoms with Gasteiger partial charge in [-0.05, 0) is 62.3 Å². The molecule has 1 aromatic carbocycles. The Kier molecular flexibility index (Phi) is 7.32. The van der Waals surface area contributed by atoms with E-state index in [-0.39, 0.29) is 0 Å². The maximum Gasteiger partial charge on any atom is 0.126 e. The molecule has 0 saturated carbocycles. The molecule has 1 heterocycles. The van der Waals surface area contributed by atoms with Gasteiger partial charge in [-0.25, -0.2) is 0 Å². The average Bonchev–Trinajstić information content (AvgIpc) is 3.05. The van der Waals surface area contributed by atoms with Crippen molar-refractivity contribution in [2.75, 3.05) is 19.0 Å². The Morgan fingerprint density at radius 3 is 2.21 bits per heavy atom. The first kappa shape index (κ1) is 21.9. The Bertz CT molecular complexity index is 1090. The Morgan fingerprint density at radius 2 is 1.66 bits per heavy atom. The third-order valence-corrected chi connectivity index (χ3v) is 4.41. The molecule has 1 aromatic heterocycles. The molecular formula is C25H29N3O. The van der Waals surface area contributed by atoms with E-state index in [0.717, 1.165) is 39.2 Å². The standard InChI is InChI=1S/C25H29N3O/c1-17(15-24-13-14-29-22(24)6)20(4)26-18(2)16-19(3)27-21(5)23-9-11-25(12-10-23)28(7)8/h9-16H,1-2,6H2,3-5,7-8H3/b19-16+,24-15-,26-20?,27-21?. The second kappa shape index (κ2) is 9.69. The highest BCUT2D eigenvalue weighted by molar-refractivity contribution is 6.05. The van der Waals surface area contributed by atoms with Gasteiger partial charge in [0, 0.05) is 42.1 Å². The summed E-state index contributed by atoms with van der Waals surface area (Å²) < 4.78 is 5.20. The van der Waals surface area contributed by atoms with Crippen LogP contribution in [0.1, 0.15) is 26.3 Å². The van der Waals surface area contributed by atoms with Crippen molar-refractivity contribution in [2.45, 2.75) is 20.8 Å². The van der Waals surface area contributed by atoms with Crippen molar-refractivity contribution in [1.82, 2.24) is 0 Å². The summed E-state index contributed by atoms with van der Waals surface area (Å²) >= 11 is 0. The Morgan fingerprint density at radius 1 is 1.00 bits per heavy atom. The van der Waals surface area contributed by atoms with Crippen LogP contribution in [0.25, 0.3) is 12.7 Å². The van der Waals surface area contributed by atoms with E-state index in [1.165, 1.54) is 0 Å². The van der Waals surface area contributed by atoms with Gasteiger partial charge in [0.15, 0.2) is 0 Å². The second-order valence-corrected chi connectivity index (χ2v) is 7.08. The van der Waals surface area contributed by atoms with E-state index in [4.69, 9.17) is 4.42 Å². The molecule has 0 aliphatic heterocycles. The van der Waals surface area contributed by atoms with Crippen LogP contribution in [-0.4, -0.2) is 25.5 Å². The topological polar surface area (TPSA) is 41.1 Å². The summed E-state index contributed by atoms with van der Waals surface area (Å²) in [7, 11) is 4.05. The first-order valence-corrected chi connectivity index (χ1v) is 9.36. The maximum atomic E-state index is 5.20. The van der Waals surface area contributed by atoms with E-state index >= 15 is 0 Å². The van der Waals surface area contributed by atoms with Crippen molar-refractivity contribution in [1.29, 1.82) is 0 Å². The Balaban J connectivity index is 2.13. The zero-order valence-electron chi connectivity index (χ0n) is 18.0. The van der Waals surface area contributed by atoms with Crippen molar-refractivity contribution in [3.63, 3.8) is 0 Å². The number of allylic oxidation sites excluding steroid dienone is 3. The Hall–Kier alpha value is -3.40. The number of furan rings is 1. The summed E-state index contributed by atoms with van der Waals surface area (Å²) in [5.74, 6) is 0. The fourth-order valence-corrected chi connectivity index (χ4v) is 2.69. The van der Waals surface area contributed by atoms with Crippen molar-refractivity contribution in [3.05, 3.63) is 89.0 Å². The van der Waals surface area contributed by atoms with Gasteiger partial charge in [0.2, 0.25) is 0 Å². The zero-order valence-corrected chi connectivity index (χ0v) is 18.0. The number of hydrogen-bond acceptors (Lipinski definition) is 4. The number of aliphatic imine (C=N–C) groups is 2. The van der Waals surface area contributed by atoms with E-state index in [0.29, 0.717) is 11.1 Å². The smallest absolute Gasteiger partial charge is 0.126 e. The van der Waals surface area contributed by atoms with Gasteiger partial charge >= 0.3 is 0 Å². The molecule has 150 valence electrons. The molecule has 0 aliphatic carbocycles. The van der Waals surface area contributed by atoms with Crippen LogP contribution >= 0.6 is 0 Å². The molecule has 29 heavy (non-hydrogen) atoms. The van der Waals surface area contributed by atoms with Crippen LogP contribution in [0.15, 0.2) is 87.2 Å². The molecule has 0 bridgehead atoms. The second-order valence-electron chi connectivity index (χ2n) is 7.08. The highest BCUT2D eigenvalue weighted by atomic mass is 16.3. The monoisotopic (exact) mass is 387 g/mol. The predicted octanol–water partition coefficient (Wildman–Crippen LogP) is 4.48. The molecule has 0 radical (unpaired) electrons. The molecule has 0 atom stereocenters. The number of benzene rings is 1. The van der Waals surface area contributed by atoms with Crippen LogP contribution in [0.4, 0.5) is 5.69 Å². The van der Waals surface area contributed by atoms with Crippen LogP contribution in [0.2, 0.25) is 0 Å². The summed E-state index contributed by atoms with van der Waals surface area (Å²) in [6, 6.07) is 10.2. The van der Waals surface area contributed by atoms with Crippen molar-refractivity contribution in [3.8, 4) is 0 Å². The zero-order chi connectivity index (χ0) is 21.6. The van der Waals surface area contributed by atoms with Crippen molar-refractivity contribution >= 4 is 29.8 Å². The van der Waals surface area contributed by atoms with Gasteiger partial charge in [0.05, 0.1) is 12.0 Å². The molecule has 0 fully saturated rings. The lowest BCUT2D eigenvalue weighted by molar-refractivity contribution is 0.533. The van der Waals surface area contributed by atoms with Gasteiger partial charge < -0.3 is 9.32 Å². The SMILES string of the molecule is C=C(/C=C(\C)N=C(C)c1ccc(N(C)C)cc1)N=C(C)C(=C)/C=c1/ccoc1=C. The quantitative estimate of drug-likeness (QED) is 0.519. The minimum atomic E-state index is 0.608. The first-order chi connectivity index (χ1) is 13.7. The number of anilines is 1. The number of hydrogen-bond donors (Lipinski definition) is 0. The lowest BCUT2D eigenvalue weighted by Gasteiger charge is -2.12. The molecule has 0 spiro atoms. The molecule has 4 heteroatoms. The van der Waals surface area contributed by atoms with Crippen LogP contribution in [0.3, 0.4) is 0 Å². The number of nitrogens with zero attached hydrogens (tertiary/aromatic N) is 3. The normalized spacial score (nSPS) is 13.6. The average molecular weight is 388 g/mol.